The van der Waals surface area contributed by atoms with Gasteiger partial charge in [0.15, 0.2) is 5.96 Å². The van der Waals surface area contributed by atoms with Crippen LogP contribution in [0.25, 0.3) is 0 Å². The predicted molar refractivity (Wildman–Crippen MR) is 124 cm³/mol. The van der Waals surface area contributed by atoms with Gasteiger partial charge in [0, 0.05) is 31.2 Å². The molecule has 0 bridgehead atoms. The van der Waals surface area contributed by atoms with E-state index in [9.17, 15) is 18.0 Å². The van der Waals surface area contributed by atoms with E-state index in [0.29, 0.717) is 37.8 Å². The third kappa shape index (κ3) is 9.25. The lowest BCUT2D eigenvalue weighted by atomic mass is 10.1. The molecule has 0 aromatic heterocycles. The zero-order valence-electron chi connectivity index (χ0n) is 17.6. The van der Waals surface area contributed by atoms with Crippen molar-refractivity contribution in [3.05, 3.63) is 35.4 Å². The van der Waals surface area contributed by atoms with Gasteiger partial charge >= 0.3 is 12.3 Å². The molecule has 1 aliphatic heterocycles. The van der Waals surface area contributed by atoms with Gasteiger partial charge in [0.25, 0.3) is 0 Å². The van der Waals surface area contributed by atoms with E-state index < -0.39 is 11.7 Å². The molecule has 0 aliphatic carbocycles. The first kappa shape index (κ1) is 26.9. The van der Waals surface area contributed by atoms with Crippen LogP contribution in [0.5, 0.6) is 0 Å². The summed E-state index contributed by atoms with van der Waals surface area (Å²) in [5, 5.41) is 6.45. The Morgan fingerprint density at radius 2 is 2.00 bits per heavy atom. The van der Waals surface area contributed by atoms with Crippen LogP contribution >= 0.6 is 24.0 Å². The molecule has 1 aromatic rings. The second kappa shape index (κ2) is 13.3. The number of nitrogens with one attached hydrogen (secondary N) is 2. The smallest absolute Gasteiger partial charge is 0.416 e. The molecule has 1 fully saturated rings. The van der Waals surface area contributed by atoms with E-state index in [4.69, 9.17) is 4.74 Å². The summed E-state index contributed by atoms with van der Waals surface area (Å²) < 4.78 is 43.3. The third-order valence-electron chi connectivity index (χ3n) is 4.44. The molecule has 172 valence electrons. The van der Waals surface area contributed by atoms with Gasteiger partial charge in [-0.25, -0.2) is 9.79 Å². The summed E-state index contributed by atoms with van der Waals surface area (Å²) in [4.78, 5) is 17.8. The second-order valence-corrected chi connectivity index (χ2v) is 6.68. The fourth-order valence-electron chi connectivity index (χ4n) is 2.97. The summed E-state index contributed by atoms with van der Waals surface area (Å²) in [7, 11) is 0. The van der Waals surface area contributed by atoms with Gasteiger partial charge in [0.1, 0.15) is 6.54 Å². The first-order valence-corrected chi connectivity index (χ1v) is 9.96. The fourth-order valence-corrected chi connectivity index (χ4v) is 2.97. The number of rotatable bonds is 4. The summed E-state index contributed by atoms with van der Waals surface area (Å²) in [5.74, 6) is 6.09. The molecule has 1 heterocycles. The molecule has 10 heteroatoms. The maximum atomic E-state index is 12.8. The zero-order chi connectivity index (χ0) is 22.0. The van der Waals surface area contributed by atoms with Crippen LogP contribution in [0, 0.1) is 11.8 Å². The number of likely N-dealkylation sites (tertiary alicyclic amines) is 1. The van der Waals surface area contributed by atoms with Crippen molar-refractivity contribution in [1.29, 1.82) is 0 Å². The molecular formula is C21H28F3IN4O2. The molecule has 0 spiro atoms. The molecule has 1 saturated heterocycles. The summed E-state index contributed by atoms with van der Waals surface area (Å²) in [6.45, 7) is 6.09. The number of carbonyl (C=O) groups is 1. The molecule has 0 saturated carbocycles. The molecule has 0 unspecified atom stereocenters. The number of carbonyl (C=O) groups excluding carboxylic acids is 1. The van der Waals surface area contributed by atoms with Crippen molar-refractivity contribution in [3.63, 3.8) is 0 Å². The van der Waals surface area contributed by atoms with E-state index in [1.807, 2.05) is 6.92 Å². The van der Waals surface area contributed by atoms with Gasteiger partial charge in [0.05, 0.1) is 12.2 Å². The summed E-state index contributed by atoms with van der Waals surface area (Å²) in [6, 6.07) is 5.07. The average Bonchev–Trinajstić information content (AvgIpc) is 2.71. The molecule has 1 aliphatic rings. The maximum Gasteiger partial charge on any atom is 0.416 e. The molecular weight excluding hydrogens is 524 g/mol. The van der Waals surface area contributed by atoms with Gasteiger partial charge in [-0.3, -0.25) is 0 Å². The van der Waals surface area contributed by atoms with E-state index in [0.717, 1.165) is 25.0 Å². The minimum atomic E-state index is -4.39. The molecule has 2 N–H and O–H groups in total. The summed E-state index contributed by atoms with van der Waals surface area (Å²) in [6.07, 6.45) is -3.15. The van der Waals surface area contributed by atoms with E-state index in [2.05, 4.69) is 27.5 Å². The van der Waals surface area contributed by atoms with E-state index in [-0.39, 0.29) is 42.7 Å². The molecule has 6 nitrogen and oxygen atoms in total. The molecule has 2 rings (SSSR count). The van der Waals surface area contributed by atoms with Crippen molar-refractivity contribution < 1.29 is 22.7 Å². The number of piperidine rings is 1. The number of alkyl halides is 3. The number of amides is 1. The molecule has 31 heavy (non-hydrogen) atoms. The van der Waals surface area contributed by atoms with Crippen LogP contribution in [0.15, 0.2) is 29.3 Å². The van der Waals surface area contributed by atoms with Crippen LogP contribution in [0.4, 0.5) is 18.0 Å². The first-order chi connectivity index (χ1) is 14.3. The van der Waals surface area contributed by atoms with Gasteiger partial charge in [0.2, 0.25) is 0 Å². The number of hydrogen-bond acceptors (Lipinski definition) is 3. The van der Waals surface area contributed by atoms with Crippen LogP contribution in [0.3, 0.4) is 0 Å². The highest BCUT2D eigenvalue weighted by molar-refractivity contribution is 14.0. The Kier molecular flexibility index (Phi) is 11.5. The largest absolute Gasteiger partial charge is 0.450 e. The lowest BCUT2D eigenvalue weighted by Gasteiger charge is -2.32. The third-order valence-corrected chi connectivity index (χ3v) is 4.44. The average molecular weight is 552 g/mol. The van der Waals surface area contributed by atoms with Crippen molar-refractivity contribution >= 4 is 36.0 Å². The second-order valence-electron chi connectivity index (χ2n) is 6.68. The van der Waals surface area contributed by atoms with Crippen LogP contribution in [0.1, 0.15) is 37.8 Å². The number of aliphatic imine (C=N–C) groups is 1. The Morgan fingerprint density at radius 3 is 2.61 bits per heavy atom. The van der Waals surface area contributed by atoms with E-state index in [1.165, 1.54) is 12.1 Å². The zero-order valence-corrected chi connectivity index (χ0v) is 19.9. The fraction of sp³-hybridized carbons (Fsp3) is 0.524. The number of nitrogens with zero attached hydrogens (tertiary/aromatic N) is 2. The lowest BCUT2D eigenvalue weighted by molar-refractivity contribution is -0.137. The van der Waals surface area contributed by atoms with Gasteiger partial charge in [-0.2, -0.15) is 13.2 Å². The quantitative estimate of drug-likeness (QED) is 0.258. The Hall–Kier alpha value is -2.16. The van der Waals surface area contributed by atoms with Crippen molar-refractivity contribution in [2.75, 3.05) is 32.8 Å². The maximum absolute atomic E-state index is 12.8. The Balaban J connectivity index is 0.00000480. The van der Waals surface area contributed by atoms with Crippen molar-refractivity contribution in [2.45, 2.75) is 38.9 Å². The van der Waals surface area contributed by atoms with Gasteiger partial charge < -0.3 is 20.3 Å². The topological polar surface area (TPSA) is 66.0 Å². The standard InChI is InChI=1S/C21H27F3N4O2.HI/c1-3-25-19(27-18-10-13-28(14-11-18)20(29)30-4-2)26-12-6-8-16-7-5-9-17(15-16)21(22,23)24;/h5,7,9,15,18H,3-4,10-14H2,1-2H3,(H2,25,26,27);1H. The molecule has 0 atom stereocenters. The first-order valence-electron chi connectivity index (χ1n) is 9.96. The van der Waals surface area contributed by atoms with E-state index >= 15 is 0 Å². The van der Waals surface area contributed by atoms with Gasteiger partial charge in [-0.1, -0.05) is 17.9 Å². The molecule has 0 radical (unpaired) electrons. The minimum Gasteiger partial charge on any atom is -0.450 e. The predicted octanol–water partition coefficient (Wildman–Crippen LogP) is 3.85. The van der Waals surface area contributed by atoms with Crippen molar-refractivity contribution in [1.82, 2.24) is 15.5 Å². The summed E-state index contributed by atoms with van der Waals surface area (Å²) in [5.41, 5.74) is -0.425. The summed E-state index contributed by atoms with van der Waals surface area (Å²) >= 11 is 0. The highest BCUT2D eigenvalue weighted by Crippen LogP contribution is 2.29. The van der Waals surface area contributed by atoms with Crippen LogP contribution in [0.2, 0.25) is 0 Å². The van der Waals surface area contributed by atoms with Crippen LogP contribution in [-0.4, -0.2) is 55.8 Å². The lowest BCUT2D eigenvalue weighted by Crippen LogP contribution is -2.49. The highest BCUT2D eigenvalue weighted by atomic mass is 127. The number of ether oxygens (including phenoxy) is 1. The molecule has 1 aromatic carbocycles. The Morgan fingerprint density at radius 1 is 1.29 bits per heavy atom. The van der Waals surface area contributed by atoms with E-state index in [1.54, 1.807) is 11.8 Å². The van der Waals surface area contributed by atoms with Crippen molar-refractivity contribution in [3.8, 4) is 11.8 Å². The number of halogens is 4. The monoisotopic (exact) mass is 552 g/mol. The SMILES string of the molecule is CCNC(=NCC#Cc1cccc(C(F)(F)F)c1)NC1CCN(C(=O)OCC)CC1.I. The Bertz CT molecular complexity index is 798. The van der Waals surface area contributed by atoms with Crippen molar-refractivity contribution in [2.24, 2.45) is 4.99 Å². The number of benzene rings is 1. The van der Waals surface area contributed by atoms with Gasteiger partial charge in [-0.15, -0.1) is 24.0 Å². The normalized spacial score (nSPS) is 14.7. The van der Waals surface area contributed by atoms with Crippen LogP contribution < -0.4 is 10.6 Å². The molecule has 1 amide bonds. The highest BCUT2D eigenvalue weighted by Gasteiger charge is 2.30. The van der Waals surface area contributed by atoms with Gasteiger partial charge in [-0.05, 0) is 44.9 Å². The van der Waals surface area contributed by atoms with Crippen LogP contribution in [-0.2, 0) is 10.9 Å². The Labute approximate surface area is 198 Å². The number of guanidine groups is 1. The minimum absolute atomic E-state index is 0. The number of hydrogen-bond donors (Lipinski definition) is 2.